The highest BCUT2D eigenvalue weighted by Gasteiger charge is 2.48. The lowest BCUT2D eigenvalue weighted by molar-refractivity contribution is -0.148. The Bertz CT molecular complexity index is 1350. The van der Waals surface area contributed by atoms with Gasteiger partial charge in [0, 0.05) is 6.54 Å². The number of hydrogen-bond acceptors (Lipinski definition) is 7. The molecule has 49 heavy (non-hydrogen) atoms. The van der Waals surface area contributed by atoms with Crippen molar-refractivity contribution in [2.45, 2.75) is 125 Å². The van der Waals surface area contributed by atoms with E-state index >= 15 is 0 Å². The highest BCUT2D eigenvalue weighted by Crippen LogP contribution is 2.34. The number of Topliss-reactive ketones (excluding diaryl/α,β-unsaturated/α-hetero) is 1. The van der Waals surface area contributed by atoms with E-state index in [2.05, 4.69) is 16.0 Å². The van der Waals surface area contributed by atoms with Gasteiger partial charge >= 0.3 is 12.0 Å². The monoisotopic (exact) mass is 683 g/mol. The van der Waals surface area contributed by atoms with E-state index in [1.54, 1.807) is 0 Å². The predicted octanol–water partition coefficient (Wildman–Crippen LogP) is 3.85. The van der Waals surface area contributed by atoms with E-state index in [1.807, 2.05) is 85.7 Å². The summed E-state index contributed by atoms with van der Waals surface area (Å²) in [6.07, 6.45) is 3.99. The second kappa shape index (κ2) is 16.6. The van der Waals surface area contributed by atoms with Crippen molar-refractivity contribution in [1.82, 2.24) is 20.9 Å². The van der Waals surface area contributed by atoms with Gasteiger partial charge in [-0.3, -0.25) is 19.2 Å². The van der Waals surface area contributed by atoms with E-state index in [0.29, 0.717) is 19.3 Å². The fourth-order valence-corrected chi connectivity index (χ4v) is 6.60. The Balaban J connectivity index is 1.80. The summed E-state index contributed by atoms with van der Waals surface area (Å²) in [4.78, 5) is 81.1. The molecule has 1 heterocycles. The van der Waals surface area contributed by atoms with E-state index in [1.165, 1.54) is 4.90 Å². The molecule has 2 aliphatic rings. The molecule has 1 saturated carbocycles. The summed E-state index contributed by atoms with van der Waals surface area (Å²) in [6.45, 7) is 15.5. The normalized spacial score (nSPS) is 20.1. The van der Waals surface area contributed by atoms with Crippen molar-refractivity contribution in [3.05, 3.63) is 35.9 Å². The highest BCUT2D eigenvalue weighted by atomic mass is 16.5. The van der Waals surface area contributed by atoms with Crippen LogP contribution in [0.25, 0.3) is 0 Å². The SMILES string of the molecule is CC(C)[C@H]1CCN(C(=O)[C@@H](NC(=O)N[C@@H](CC(C)(C)C)C(=O)OCc2ccccc2)C(C)(C)C)[C@@H]1C(=O)NC(CC1CCC1)C(=O)C(N)=O. The average Bonchev–Trinajstić information content (AvgIpc) is 3.44. The van der Waals surface area contributed by atoms with Crippen LogP contribution in [-0.2, 0) is 35.3 Å². The number of benzene rings is 1. The van der Waals surface area contributed by atoms with Gasteiger partial charge < -0.3 is 31.3 Å². The van der Waals surface area contributed by atoms with E-state index < -0.39 is 65.1 Å². The van der Waals surface area contributed by atoms with Crippen LogP contribution in [0.2, 0.25) is 0 Å². The summed E-state index contributed by atoms with van der Waals surface area (Å²) < 4.78 is 5.56. The fraction of sp³-hybridized carbons (Fsp3) is 0.676. The van der Waals surface area contributed by atoms with Gasteiger partial charge in [0.15, 0.2) is 0 Å². The van der Waals surface area contributed by atoms with Gasteiger partial charge in [0.05, 0.1) is 6.04 Å². The van der Waals surface area contributed by atoms with Crippen LogP contribution in [0.1, 0.15) is 99.5 Å². The molecule has 272 valence electrons. The van der Waals surface area contributed by atoms with E-state index in [9.17, 15) is 28.8 Å². The van der Waals surface area contributed by atoms with Crippen LogP contribution >= 0.6 is 0 Å². The number of hydrogen-bond donors (Lipinski definition) is 4. The summed E-state index contributed by atoms with van der Waals surface area (Å²) in [5, 5.41) is 8.32. The fourth-order valence-electron chi connectivity index (χ4n) is 6.60. The Morgan fingerprint density at radius 1 is 0.898 bits per heavy atom. The number of esters is 1. The minimum Gasteiger partial charge on any atom is -0.459 e. The molecular weight excluding hydrogens is 626 g/mol. The molecule has 1 unspecified atom stereocenters. The first-order valence-corrected chi connectivity index (χ1v) is 17.5. The predicted molar refractivity (Wildman–Crippen MR) is 186 cm³/mol. The molecule has 0 bridgehead atoms. The average molecular weight is 684 g/mol. The van der Waals surface area contributed by atoms with Crippen LogP contribution in [0.5, 0.6) is 0 Å². The van der Waals surface area contributed by atoms with Crippen LogP contribution in [0.15, 0.2) is 30.3 Å². The molecule has 0 spiro atoms. The van der Waals surface area contributed by atoms with Crippen molar-refractivity contribution < 1.29 is 33.5 Å². The number of urea groups is 1. The minimum absolute atomic E-state index is 0.0230. The van der Waals surface area contributed by atoms with Crippen molar-refractivity contribution in [3.63, 3.8) is 0 Å². The van der Waals surface area contributed by atoms with Gasteiger partial charge in [0.1, 0.15) is 24.7 Å². The molecular formula is C37H57N5O7. The quantitative estimate of drug-likeness (QED) is 0.170. The van der Waals surface area contributed by atoms with Crippen LogP contribution < -0.4 is 21.7 Å². The third kappa shape index (κ3) is 11.3. The zero-order valence-corrected chi connectivity index (χ0v) is 30.5. The summed E-state index contributed by atoms with van der Waals surface area (Å²) in [5.74, 6) is -3.52. The number of rotatable bonds is 14. The minimum atomic E-state index is -1.11. The first kappa shape index (κ1) is 39.5. The molecule has 5 atom stereocenters. The molecule has 2 fully saturated rings. The molecule has 1 aromatic carbocycles. The third-order valence-electron chi connectivity index (χ3n) is 9.54. The topological polar surface area (TPSA) is 177 Å². The van der Waals surface area contributed by atoms with Gasteiger partial charge in [-0.25, -0.2) is 9.59 Å². The maximum Gasteiger partial charge on any atom is 0.329 e. The molecule has 1 aliphatic carbocycles. The molecule has 0 radical (unpaired) electrons. The van der Waals surface area contributed by atoms with Gasteiger partial charge in [-0.1, -0.05) is 105 Å². The highest BCUT2D eigenvalue weighted by molar-refractivity contribution is 6.37. The largest absolute Gasteiger partial charge is 0.459 e. The zero-order chi connectivity index (χ0) is 36.7. The van der Waals surface area contributed by atoms with Gasteiger partial charge in [0.25, 0.3) is 5.91 Å². The summed E-state index contributed by atoms with van der Waals surface area (Å²) >= 11 is 0. The number of nitrogens with two attached hydrogens (primary N) is 1. The Morgan fingerprint density at radius 3 is 2.04 bits per heavy atom. The van der Waals surface area contributed by atoms with Crippen LogP contribution in [-0.4, -0.2) is 71.1 Å². The molecule has 5 N–H and O–H groups in total. The van der Waals surface area contributed by atoms with Crippen molar-refractivity contribution in [2.75, 3.05) is 6.54 Å². The maximum atomic E-state index is 14.4. The second-order valence-electron chi connectivity index (χ2n) is 16.3. The molecule has 12 nitrogen and oxygen atoms in total. The lowest BCUT2D eigenvalue weighted by Gasteiger charge is -2.37. The Kier molecular flexibility index (Phi) is 13.4. The van der Waals surface area contributed by atoms with Gasteiger partial charge in [-0.2, -0.15) is 0 Å². The van der Waals surface area contributed by atoms with Crippen molar-refractivity contribution in [1.29, 1.82) is 0 Å². The molecule has 12 heteroatoms. The second-order valence-corrected chi connectivity index (χ2v) is 16.3. The zero-order valence-electron chi connectivity index (χ0n) is 30.5. The maximum absolute atomic E-state index is 14.4. The van der Waals surface area contributed by atoms with Crippen LogP contribution in [0, 0.1) is 28.6 Å². The molecule has 5 amide bonds. The molecule has 1 aliphatic heterocycles. The first-order valence-electron chi connectivity index (χ1n) is 17.5. The van der Waals surface area contributed by atoms with Crippen LogP contribution in [0.4, 0.5) is 4.79 Å². The van der Waals surface area contributed by atoms with E-state index in [0.717, 1.165) is 24.8 Å². The number of nitrogens with one attached hydrogen (secondary N) is 3. The lowest BCUT2D eigenvalue weighted by atomic mass is 9.80. The Hall–Kier alpha value is -3.96. The van der Waals surface area contributed by atoms with Gasteiger partial charge in [-0.15, -0.1) is 0 Å². The number of carbonyl (C=O) groups is 6. The number of primary amides is 1. The van der Waals surface area contributed by atoms with E-state index in [4.69, 9.17) is 10.5 Å². The molecule has 1 aromatic rings. The summed E-state index contributed by atoms with van der Waals surface area (Å²) in [5.41, 5.74) is 5.03. The standard InChI is InChI=1S/C37H57N5O7/c1-22(2)25-17-18-42(28(25)32(45)39-26(29(43)31(38)44)19-23-15-12-16-23)33(46)30(37(6,7)8)41-35(48)40-27(20-36(3,4)5)34(47)49-21-24-13-10-9-11-14-24/h9-11,13-14,22-23,25-28,30H,12,15-21H2,1-8H3,(H2,38,44)(H,39,45)(H2,40,41,48)/t25-,26?,27+,28+,30-/m1/s1. The smallest absolute Gasteiger partial charge is 0.329 e. The Labute approximate surface area is 291 Å². The number of carbonyl (C=O) groups excluding carboxylic acids is 6. The third-order valence-corrected chi connectivity index (χ3v) is 9.54. The van der Waals surface area contributed by atoms with Crippen LogP contribution in [0.3, 0.4) is 0 Å². The number of amides is 5. The molecule has 1 saturated heterocycles. The van der Waals surface area contributed by atoms with Crippen molar-refractivity contribution in [2.24, 2.45) is 34.3 Å². The summed E-state index contributed by atoms with van der Waals surface area (Å²) in [7, 11) is 0. The van der Waals surface area contributed by atoms with Crippen molar-refractivity contribution in [3.8, 4) is 0 Å². The number of likely N-dealkylation sites (tertiary alicyclic amines) is 1. The summed E-state index contributed by atoms with van der Waals surface area (Å²) in [6, 6.07) is 4.48. The Morgan fingerprint density at radius 2 is 1.53 bits per heavy atom. The number of nitrogens with zero attached hydrogens (tertiary/aromatic N) is 1. The van der Waals surface area contributed by atoms with Gasteiger partial charge in [-0.05, 0) is 53.4 Å². The molecule has 3 rings (SSSR count). The van der Waals surface area contributed by atoms with E-state index in [-0.39, 0.29) is 36.3 Å². The number of ether oxygens (including phenoxy) is 1. The number of ketones is 1. The molecule has 0 aromatic heterocycles. The first-order chi connectivity index (χ1) is 22.8. The lowest BCUT2D eigenvalue weighted by Crippen LogP contribution is -2.62. The van der Waals surface area contributed by atoms with Gasteiger partial charge in [0.2, 0.25) is 17.6 Å². The van der Waals surface area contributed by atoms with Crippen molar-refractivity contribution >= 4 is 35.5 Å².